The van der Waals surface area contributed by atoms with Crippen molar-refractivity contribution in [3.63, 3.8) is 0 Å². The summed E-state index contributed by atoms with van der Waals surface area (Å²) in [6, 6.07) is 1.73. The number of anilines is 1. The summed E-state index contributed by atoms with van der Waals surface area (Å²) in [6.07, 6.45) is 6.91. The predicted octanol–water partition coefficient (Wildman–Crippen LogP) is 1.82. The molecule has 0 spiro atoms. The number of rotatable bonds is 3. The first-order valence-corrected chi connectivity index (χ1v) is 5.77. The van der Waals surface area contributed by atoms with Gasteiger partial charge in [0.15, 0.2) is 0 Å². The predicted molar refractivity (Wildman–Crippen MR) is 62.6 cm³/mol. The van der Waals surface area contributed by atoms with E-state index < -0.39 is 11.8 Å². The zero-order valence-electron chi connectivity index (χ0n) is 9.52. The molecule has 1 fully saturated rings. The number of hydrogen-bond donors (Lipinski definition) is 3. The Hall–Kier alpha value is -1.85. The van der Waals surface area contributed by atoms with E-state index in [4.69, 9.17) is 5.11 Å². The molecule has 0 aromatic carbocycles. The monoisotopic (exact) mass is 236 g/mol. The maximum absolute atomic E-state index is 10.9. The average molecular weight is 236 g/mol. The Morgan fingerprint density at radius 2 is 1.88 bits per heavy atom. The van der Waals surface area contributed by atoms with Crippen molar-refractivity contribution in [2.75, 3.05) is 5.32 Å². The molecule has 6 heteroatoms. The first-order valence-electron chi connectivity index (χ1n) is 5.77. The number of amides is 1. The molecule has 0 saturated heterocycles. The molecule has 0 radical (unpaired) electrons. The van der Waals surface area contributed by atoms with E-state index in [1.165, 1.54) is 0 Å². The quantitative estimate of drug-likeness (QED) is 0.697. The van der Waals surface area contributed by atoms with Crippen LogP contribution < -0.4 is 10.6 Å². The third-order valence-corrected chi connectivity index (χ3v) is 2.97. The van der Waals surface area contributed by atoms with E-state index in [-0.39, 0.29) is 0 Å². The highest BCUT2D eigenvalue weighted by molar-refractivity contribution is 5.66. The van der Waals surface area contributed by atoms with E-state index >= 15 is 0 Å². The minimum atomic E-state index is -1.02. The number of carboxylic acid groups (broad SMARTS) is 1. The second-order valence-electron chi connectivity index (χ2n) is 4.27. The van der Waals surface area contributed by atoms with E-state index in [0.29, 0.717) is 5.95 Å². The molecule has 1 aromatic rings. The lowest BCUT2D eigenvalue weighted by molar-refractivity contribution is 0.170. The van der Waals surface area contributed by atoms with Crippen LogP contribution in [0.1, 0.15) is 32.1 Å². The summed E-state index contributed by atoms with van der Waals surface area (Å²) in [5.41, 5.74) is -0.620. The number of aromatic nitrogens is 2. The lowest BCUT2D eigenvalue weighted by Crippen LogP contribution is -2.55. The van der Waals surface area contributed by atoms with Crippen LogP contribution >= 0.6 is 0 Å². The van der Waals surface area contributed by atoms with Gasteiger partial charge in [-0.1, -0.05) is 6.42 Å². The maximum Gasteiger partial charge on any atom is 0.406 e. The van der Waals surface area contributed by atoms with Gasteiger partial charge < -0.3 is 10.4 Å². The molecule has 92 valence electrons. The Morgan fingerprint density at radius 1 is 1.24 bits per heavy atom. The summed E-state index contributed by atoms with van der Waals surface area (Å²) in [7, 11) is 0. The van der Waals surface area contributed by atoms with E-state index in [9.17, 15) is 4.79 Å². The molecule has 1 heterocycles. The molecule has 3 N–H and O–H groups in total. The van der Waals surface area contributed by atoms with Crippen LogP contribution in [0.5, 0.6) is 0 Å². The largest absolute Gasteiger partial charge is 0.465 e. The third-order valence-electron chi connectivity index (χ3n) is 2.97. The molecule has 1 aromatic heterocycles. The molecule has 0 aliphatic heterocycles. The van der Waals surface area contributed by atoms with Crippen LogP contribution in [0.25, 0.3) is 0 Å². The highest BCUT2D eigenvalue weighted by atomic mass is 16.4. The molecule has 2 rings (SSSR count). The molecule has 0 bridgehead atoms. The van der Waals surface area contributed by atoms with Gasteiger partial charge in [0, 0.05) is 12.4 Å². The zero-order chi connectivity index (χ0) is 12.1. The van der Waals surface area contributed by atoms with E-state index in [0.717, 1.165) is 32.1 Å². The standard InChI is InChI=1S/C11H16N4O2/c16-10(17)15-11(5-2-1-3-6-11)14-9-12-7-4-8-13-9/h4,7-8,15H,1-3,5-6H2,(H,16,17)(H,12,13,14). The molecule has 0 unspecified atom stereocenters. The first kappa shape index (κ1) is 11.6. The summed E-state index contributed by atoms with van der Waals surface area (Å²) >= 11 is 0. The van der Waals surface area contributed by atoms with Crippen molar-refractivity contribution in [3.05, 3.63) is 18.5 Å². The number of nitrogens with one attached hydrogen (secondary N) is 2. The number of hydrogen-bond acceptors (Lipinski definition) is 4. The second-order valence-corrected chi connectivity index (χ2v) is 4.27. The SMILES string of the molecule is O=C(O)NC1(Nc2ncccn2)CCCCC1. The van der Waals surface area contributed by atoms with Crippen molar-refractivity contribution in [2.45, 2.75) is 37.8 Å². The van der Waals surface area contributed by atoms with Gasteiger partial charge >= 0.3 is 6.09 Å². The van der Waals surface area contributed by atoms with Gasteiger partial charge in [0.1, 0.15) is 5.66 Å². The van der Waals surface area contributed by atoms with Gasteiger partial charge in [-0.2, -0.15) is 0 Å². The van der Waals surface area contributed by atoms with Gasteiger partial charge in [-0.3, -0.25) is 5.32 Å². The molecule has 0 atom stereocenters. The lowest BCUT2D eigenvalue weighted by Gasteiger charge is -2.37. The Balaban J connectivity index is 2.12. The fourth-order valence-electron chi connectivity index (χ4n) is 2.22. The molecular weight excluding hydrogens is 220 g/mol. The van der Waals surface area contributed by atoms with Crippen LogP contribution in [0.2, 0.25) is 0 Å². The molecular formula is C11H16N4O2. The minimum absolute atomic E-state index is 0.461. The summed E-state index contributed by atoms with van der Waals surface area (Å²) < 4.78 is 0. The van der Waals surface area contributed by atoms with Crippen molar-refractivity contribution in [3.8, 4) is 0 Å². The zero-order valence-corrected chi connectivity index (χ0v) is 9.52. The minimum Gasteiger partial charge on any atom is -0.465 e. The topological polar surface area (TPSA) is 87.1 Å². The van der Waals surface area contributed by atoms with Gasteiger partial charge in [0.25, 0.3) is 0 Å². The summed E-state index contributed by atoms with van der Waals surface area (Å²) in [4.78, 5) is 19.0. The summed E-state index contributed by atoms with van der Waals surface area (Å²) in [5, 5.41) is 14.6. The molecule has 1 amide bonds. The van der Waals surface area contributed by atoms with Crippen molar-refractivity contribution < 1.29 is 9.90 Å². The van der Waals surface area contributed by atoms with Gasteiger partial charge in [-0.15, -0.1) is 0 Å². The number of carbonyl (C=O) groups is 1. The number of nitrogens with zero attached hydrogens (tertiary/aromatic N) is 2. The Bertz CT molecular complexity index is 376. The maximum atomic E-state index is 10.9. The van der Waals surface area contributed by atoms with Crippen LogP contribution in [0.3, 0.4) is 0 Å². The lowest BCUT2D eigenvalue weighted by atomic mass is 9.89. The average Bonchev–Trinajstić information content (AvgIpc) is 2.30. The Labute approximate surface area is 99.5 Å². The second kappa shape index (κ2) is 4.99. The molecule has 17 heavy (non-hydrogen) atoms. The van der Waals surface area contributed by atoms with Gasteiger partial charge in [0.05, 0.1) is 0 Å². The van der Waals surface area contributed by atoms with Gasteiger partial charge in [-0.25, -0.2) is 14.8 Å². The van der Waals surface area contributed by atoms with Crippen molar-refractivity contribution in [1.82, 2.24) is 15.3 Å². The molecule has 6 nitrogen and oxygen atoms in total. The molecule has 1 saturated carbocycles. The van der Waals surface area contributed by atoms with Crippen LogP contribution in [0, 0.1) is 0 Å². The summed E-state index contributed by atoms with van der Waals surface area (Å²) in [5.74, 6) is 0.461. The van der Waals surface area contributed by atoms with Crippen molar-refractivity contribution in [1.29, 1.82) is 0 Å². The molecule has 1 aliphatic carbocycles. The Morgan fingerprint density at radius 3 is 2.47 bits per heavy atom. The fraction of sp³-hybridized carbons (Fsp3) is 0.545. The normalized spacial score (nSPS) is 18.4. The summed E-state index contributed by atoms with van der Waals surface area (Å²) in [6.45, 7) is 0. The highest BCUT2D eigenvalue weighted by Crippen LogP contribution is 2.28. The van der Waals surface area contributed by atoms with Crippen LogP contribution in [-0.2, 0) is 0 Å². The van der Waals surface area contributed by atoms with Crippen LogP contribution in [-0.4, -0.2) is 26.8 Å². The molecule has 1 aliphatic rings. The van der Waals surface area contributed by atoms with Gasteiger partial charge in [-0.05, 0) is 31.7 Å². The van der Waals surface area contributed by atoms with E-state index in [1.807, 2.05) is 0 Å². The Kier molecular flexibility index (Phi) is 3.41. The van der Waals surface area contributed by atoms with Crippen molar-refractivity contribution >= 4 is 12.0 Å². The van der Waals surface area contributed by atoms with Gasteiger partial charge in [0.2, 0.25) is 5.95 Å². The van der Waals surface area contributed by atoms with E-state index in [1.54, 1.807) is 18.5 Å². The fourth-order valence-corrected chi connectivity index (χ4v) is 2.22. The third kappa shape index (κ3) is 3.05. The van der Waals surface area contributed by atoms with E-state index in [2.05, 4.69) is 20.6 Å². The van der Waals surface area contributed by atoms with Crippen LogP contribution in [0.15, 0.2) is 18.5 Å². The smallest absolute Gasteiger partial charge is 0.406 e. The first-order chi connectivity index (χ1) is 8.20. The van der Waals surface area contributed by atoms with Crippen LogP contribution in [0.4, 0.5) is 10.7 Å². The highest BCUT2D eigenvalue weighted by Gasteiger charge is 2.34. The van der Waals surface area contributed by atoms with Crippen molar-refractivity contribution in [2.24, 2.45) is 0 Å².